The van der Waals surface area contributed by atoms with Crippen LogP contribution in [0.25, 0.3) is 0 Å². The summed E-state index contributed by atoms with van der Waals surface area (Å²) < 4.78 is 5.52. The molecule has 114 valence electrons. The van der Waals surface area contributed by atoms with Crippen molar-refractivity contribution in [2.24, 2.45) is 11.7 Å². The molecule has 2 N–H and O–H groups in total. The first kappa shape index (κ1) is 16.0. The van der Waals surface area contributed by atoms with Gasteiger partial charge in [0.05, 0.1) is 11.5 Å². The Bertz CT molecular complexity index is 578. The number of halogens is 1. The van der Waals surface area contributed by atoms with Crippen molar-refractivity contribution in [3.63, 3.8) is 0 Å². The molecule has 1 aliphatic rings. The molecule has 1 saturated carbocycles. The van der Waals surface area contributed by atoms with Crippen LogP contribution in [-0.2, 0) is 5.54 Å². The summed E-state index contributed by atoms with van der Waals surface area (Å²) in [6, 6.07) is 10.3. The molecule has 1 aromatic carbocycles. The van der Waals surface area contributed by atoms with Crippen LogP contribution in [0.3, 0.4) is 0 Å². The van der Waals surface area contributed by atoms with Gasteiger partial charge in [-0.25, -0.2) is 0 Å². The van der Waals surface area contributed by atoms with E-state index in [2.05, 4.69) is 36.1 Å². The van der Waals surface area contributed by atoms with Crippen molar-refractivity contribution in [2.75, 3.05) is 0 Å². The molecular formula is C16H22ClN3O. The number of nitrogens with zero attached hydrogens (tertiary/aromatic N) is 2. The summed E-state index contributed by atoms with van der Waals surface area (Å²) in [7, 11) is 0. The fraction of sp³-hybridized carbons (Fsp3) is 0.500. The number of aromatic nitrogens is 2. The maximum atomic E-state index is 6.27. The standard InChI is InChI=1S/C16H21N3O.ClH/c1-11(2)13(12-7-4-3-5-8-12)14-18-15(19-20-14)16(17)9-6-10-16;/h3-5,7-8,11,13H,6,9-10,17H2,1-2H3;1H. The smallest absolute Gasteiger partial charge is 0.234 e. The Morgan fingerprint density at radius 3 is 2.38 bits per heavy atom. The molecule has 1 atom stereocenters. The molecule has 0 amide bonds. The Hall–Kier alpha value is -1.39. The first-order chi connectivity index (χ1) is 9.60. The van der Waals surface area contributed by atoms with Crippen molar-refractivity contribution in [3.8, 4) is 0 Å². The van der Waals surface area contributed by atoms with E-state index in [1.54, 1.807) is 0 Å². The maximum absolute atomic E-state index is 6.27. The molecule has 1 heterocycles. The minimum Gasteiger partial charge on any atom is -0.339 e. The maximum Gasteiger partial charge on any atom is 0.234 e. The van der Waals surface area contributed by atoms with E-state index in [9.17, 15) is 0 Å². The molecule has 1 aliphatic carbocycles. The van der Waals surface area contributed by atoms with Gasteiger partial charge in [-0.05, 0) is 30.7 Å². The largest absolute Gasteiger partial charge is 0.339 e. The highest BCUT2D eigenvalue weighted by Gasteiger charge is 2.39. The van der Waals surface area contributed by atoms with Crippen molar-refractivity contribution in [1.82, 2.24) is 10.1 Å². The molecule has 0 aliphatic heterocycles. The van der Waals surface area contributed by atoms with E-state index in [1.807, 2.05) is 18.2 Å². The van der Waals surface area contributed by atoms with Crippen molar-refractivity contribution >= 4 is 12.4 Å². The van der Waals surface area contributed by atoms with Gasteiger partial charge >= 0.3 is 0 Å². The zero-order valence-corrected chi connectivity index (χ0v) is 13.3. The Morgan fingerprint density at radius 2 is 1.86 bits per heavy atom. The molecule has 4 nitrogen and oxygen atoms in total. The third-order valence-corrected chi connectivity index (χ3v) is 4.22. The van der Waals surface area contributed by atoms with Gasteiger partial charge in [-0.15, -0.1) is 12.4 Å². The van der Waals surface area contributed by atoms with Gasteiger partial charge < -0.3 is 10.3 Å². The van der Waals surface area contributed by atoms with E-state index in [0.29, 0.717) is 17.6 Å². The first-order valence-electron chi connectivity index (χ1n) is 7.28. The lowest BCUT2D eigenvalue weighted by Crippen LogP contribution is -2.44. The van der Waals surface area contributed by atoms with Crippen molar-refractivity contribution in [1.29, 1.82) is 0 Å². The molecule has 0 radical (unpaired) electrons. The monoisotopic (exact) mass is 307 g/mol. The normalized spacial score (nSPS) is 17.9. The SMILES string of the molecule is CC(C)C(c1ccccc1)c1nc(C2(N)CCC2)no1.Cl. The van der Waals surface area contributed by atoms with Gasteiger partial charge in [0.2, 0.25) is 5.89 Å². The van der Waals surface area contributed by atoms with Crippen LogP contribution in [-0.4, -0.2) is 10.1 Å². The van der Waals surface area contributed by atoms with Crippen LogP contribution in [0.15, 0.2) is 34.9 Å². The second kappa shape index (κ2) is 6.16. The number of hydrogen-bond acceptors (Lipinski definition) is 4. The second-order valence-electron chi connectivity index (χ2n) is 6.10. The zero-order chi connectivity index (χ0) is 14.2. The minimum atomic E-state index is -0.361. The molecular weight excluding hydrogens is 286 g/mol. The summed E-state index contributed by atoms with van der Waals surface area (Å²) in [5.41, 5.74) is 7.11. The van der Waals surface area contributed by atoms with E-state index < -0.39 is 0 Å². The average Bonchev–Trinajstić information content (AvgIpc) is 2.87. The highest BCUT2D eigenvalue weighted by molar-refractivity contribution is 5.85. The van der Waals surface area contributed by atoms with Gasteiger partial charge in [0.15, 0.2) is 5.82 Å². The number of nitrogens with two attached hydrogens (primary N) is 1. The van der Waals surface area contributed by atoms with Gasteiger partial charge in [-0.2, -0.15) is 4.98 Å². The van der Waals surface area contributed by atoms with Crippen LogP contribution in [0.1, 0.15) is 56.3 Å². The molecule has 1 fully saturated rings. The van der Waals surface area contributed by atoms with Gasteiger partial charge in [0, 0.05) is 0 Å². The molecule has 2 aromatic rings. The van der Waals surface area contributed by atoms with Crippen molar-refractivity contribution < 1.29 is 4.52 Å². The van der Waals surface area contributed by atoms with Crippen molar-refractivity contribution in [3.05, 3.63) is 47.6 Å². The summed E-state index contributed by atoms with van der Waals surface area (Å²) >= 11 is 0. The average molecular weight is 308 g/mol. The first-order valence-corrected chi connectivity index (χ1v) is 7.28. The fourth-order valence-electron chi connectivity index (χ4n) is 2.82. The van der Waals surface area contributed by atoms with E-state index in [4.69, 9.17) is 10.3 Å². The Balaban J connectivity index is 0.00000161. The molecule has 5 heteroatoms. The highest BCUT2D eigenvalue weighted by Crippen LogP contribution is 2.38. The highest BCUT2D eigenvalue weighted by atomic mass is 35.5. The second-order valence-corrected chi connectivity index (χ2v) is 6.10. The molecule has 3 rings (SSSR count). The molecule has 0 bridgehead atoms. The van der Waals surface area contributed by atoms with Gasteiger partial charge in [0.1, 0.15) is 0 Å². The van der Waals surface area contributed by atoms with E-state index in [1.165, 1.54) is 5.56 Å². The van der Waals surface area contributed by atoms with Gasteiger partial charge in [0.25, 0.3) is 0 Å². The summed E-state index contributed by atoms with van der Waals surface area (Å²) in [5.74, 6) is 1.86. The molecule has 0 spiro atoms. The number of benzene rings is 1. The van der Waals surface area contributed by atoms with Crippen molar-refractivity contribution in [2.45, 2.75) is 44.6 Å². The summed E-state index contributed by atoms with van der Waals surface area (Å²) in [4.78, 5) is 4.60. The summed E-state index contributed by atoms with van der Waals surface area (Å²) in [6.45, 7) is 4.34. The predicted octanol–water partition coefficient (Wildman–Crippen LogP) is 3.62. The number of rotatable bonds is 4. The Kier molecular flexibility index (Phi) is 4.69. The van der Waals surface area contributed by atoms with Gasteiger partial charge in [-0.3, -0.25) is 0 Å². The van der Waals surface area contributed by atoms with E-state index >= 15 is 0 Å². The summed E-state index contributed by atoms with van der Waals surface area (Å²) in [5, 5.41) is 4.13. The van der Waals surface area contributed by atoms with Crippen LogP contribution in [0.5, 0.6) is 0 Å². The lowest BCUT2D eigenvalue weighted by atomic mass is 9.77. The van der Waals surface area contributed by atoms with E-state index in [0.717, 1.165) is 19.3 Å². The van der Waals surface area contributed by atoms with Crippen LogP contribution in [0.4, 0.5) is 0 Å². The molecule has 1 aromatic heterocycles. The third kappa shape index (κ3) is 2.97. The molecule has 0 saturated heterocycles. The lowest BCUT2D eigenvalue weighted by Gasteiger charge is -2.34. The molecule has 21 heavy (non-hydrogen) atoms. The zero-order valence-electron chi connectivity index (χ0n) is 12.5. The quantitative estimate of drug-likeness (QED) is 0.937. The Labute approximate surface area is 131 Å². The Morgan fingerprint density at radius 1 is 1.19 bits per heavy atom. The fourth-order valence-corrected chi connectivity index (χ4v) is 2.82. The van der Waals surface area contributed by atoms with Crippen LogP contribution < -0.4 is 5.73 Å². The van der Waals surface area contributed by atoms with Crippen LogP contribution in [0.2, 0.25) is 0 Å². The van der Waals surface area contributed by atoms with Gasteiger partial charge in [-0.1, -0.05) is 49.3 Å². The predicted molar refractivity (Wildman–Crippen MR) is 84.4 cm³/mol. The number of hydrogen-bond donors (Lipinski definition) is 1. The minimum absolute atomic E-state index is 0. The third-order valence-electron chi connectivity index (χ3n) is 4.22. The topological polar surface area (TPSA) is 64.9 Å². The van der Waals surface area contributed by atoms with Crippen LogP contribution in [0, 0.1) is 5.92 Å². The molecule has 1 unspecified atom stereocenters. The van der Waals surface area contributed by atoms with Crippen LogP contribution >= 0.6 is 12.4 Å². The summed E-state index contributed by atoms with van der Waals surface area (Å²) in [6.07, 6.45) is 3.04. The van der Waals surface area contributed by atoms with E-state index in [-0.39, 0.29) is 23.9 Å². The lowest BCUT2D eigenvalue weighted by molar-refractivity contribution is 0.228.